The molecular formula is C16H33NO. The first kappa shape index (κ1) is 17.5. The SMILES string of the molecule is CCC(C)CC(CC)(C(C)CC)C(C)NC(C)=O. The number of carbonyl (C=O) groups excluding carboxylic acids is 1. The Morgan fingerprint density at radius 3 is 2.00 bits per heavy atom. The van der Waals surface area contributed by atoms with Gasteiger partial charge in [-0.25, -0.2) is 0 Å². The fourth-order valence-corrected chi connectivity index (χ4v) is 3.25. The van der Waals surface area contributed by atoms with Gasteiger partial charge in [0.15, 0.2) is 0 Å². The average molecular weight is 255 g/mol. The third-order valence-electron chi connectivity index (χ3n) is 4.96. The highest BCUT2D eigenvalue weighted by atomic mass is 16.1. The van der Waals surface area contributed by atoms with Crippen LogP contribution in [0, 0.1) is 17.3 Å². The van der Waals surface area contributed by atoms with Gasteiger partial charge in [0.05, 0.1) is 0 Å². The smallest absolute Gasteiger partial charge is 0.217 e. The molecule has 0 heterocycles. The maximum atomic E-state index is 11.4. The van der Waals surface area contributed by atoms with Crippen molar-refractivity contribution in [3.05, 3.63) is 0 Å². The van der Waals surface area contributed by atoms with E-state index >= 15 is 0 Å². The summed E-state index contributed by atoms with van der Waals surface area (Å²) in [6, 6.07) is 0.254. The van der Waals surface area contributed by atoms with E-state index in [1.54, 1.807) is 6.92 Å². The second kappa shape index (κ2) is 7.81. The Balaban J connectivity index is 5.14. The standard InChI is InChI=1S/C16H33NO/c1-8-12(4)11-16(10-3,13(5)9-2)14(6)17-15(7)18/h12-14H,8-11H2,1-7H3,(H,17,18). The largest absolute Gasteiger partial charge is 0.353 e. The molecule has 1 N–H and O–H groups in total. The van der Waals surface area contributed by atoms with E-state index in [9.17, 15) is 4.79 Å². The Kier molecular flexibility index (Phi) is 7.58. The monoisotopic (exact) mass is 255 g/mol. The summed E-state index contributed by atoms with van der Waals surface area (Å²) in [6.07, 6.45) is 4.73. The quantitative estimate of drug-likeness (QED) is 0.685. The first-order chi connectivity index (χ1) is 8.33. The summed E-state index contributed by atoms with van der Waals surface area (Å²) in [6.45, 7) is 15.2. The summed E-state index contributed by atoms with van der Waals surface area (Å²) >= 11 is 0. The Bertz CT molecular complexity index is 251. The summed E-state index contributed by atoms with van der Waals surface area (Å²) in [5, 5.41) is 3.14. The fourth-order valence-electron chi connectivity index (χ4n) is 3.25. The van der Waals surface area contributed by atoms with E-state index in [1.165, 1.54) is 19.3 Å². The van der Waals surface area contributed by atoms with E-state index in [1.807, 2.05) is 0 Å². The summed E-state index contributed by atoms with van der Waals surface area (Å²) in [7, 11) is 0. The van der Waals surface area contributed by atoms with Crippen LogP contribution in [0.25, 0.3) is 0 Å². The van der Waals surface area contributed by atoms with Crippen molar-refractivity contribution in [1.29, 1.82) is 0 Å². The van der Waals surface area contributed by atoms with Crippen LogP contribution in [0.1, 0.15) is 74.1 Å². The van der Waals surface area contributed by atoms with Gasteiger partial charge in [-0.3, -0.25) is 4.79 Å². The molecule has 0 aromatic heterocycles. The van der Waals surface area contributed by atoms with Crippen molar-refractivity contribution in [3.63, 3.8) is 0 Å². The fraction of sp³-hybridized carbons (Fsp3) is 0.938. The van der Waals surface area contributed by atoms with Crippen molar-refractivity contribution >= 4 is 5.91 Å². The van der Waals surface area contributed by atoms with Gasteiger partial charge in [-0.15, -0.1) is 0 Å². The molecule has 0 aromatic carbocycles. The van der Waals surface area contributed by atoms with Crippen molar-refractivity contribution in [2.24, 2.45) is 17.3 Å². The van der Waals surface area contributed by atoms with Crippen LogP contribution in [0.15, 0.2) is 0 Å². The van der Waals surface area contributed by atoms with Gasteiger partial charge in [0, 0.05) is 13.0 Å². The van der Waals surface area contributed by atoms with Gasteiger partial charge >= 0.3 is 0 Å². The zero-order valence-corrected chi connectivity index (χ0v) is 13.5. The molecule has 0 aliphatic rings. The molecule has 0 rings (SSSR count). The van der Waals surface area contributed by atoms with Crippen LogP contribution in [0.2, 0.25) is 0 Å². The summed E-state index contributed by atoms with van der Waals surface area (Å²) in [5.74, 6) is 1.45. The minimum Gasteiger partial charge on any atom is -0.353 e. The molecule has 4 unspecified atom stereocenters. The van der Waals surface area contributed by atoms with E-state index < -0.39 is 0 Å². The Hall–Kier alpha value is -0.530. The van der Waals surface area contributed by atoms with Gasteiger partial charge in [-0.1, -0.05) is 47.5 Å². The van der Waals surface area contributed by atoms with Crippen LogP contribution in [-0.4, -0.2) is 11.9 Å². The van der Waals surface area contributed by atoms with Crippen molar-refractivity contribution in [1.82, 2.24) is 5.32 Å². The highest BCUT2D eigenvalue weighted by Gasteiger charge is 2.40. The number of nitrogens with one attached hydrogen (secondary N) is 1. The number of rotatable bonds is 8. The highest BCUT2D eigenvalue weighted by Crippen LogP contribution is 2.43. The minimum atomic E-state index is 0.0905. The first-order valence-corrected chi connectivity index (χ1v) is 7.61. The topological polar surface area (TPSA) is 29.1 Å². The molecule has 0 saturated carbocycles. The molecule has 0 radical (unpaired) electrons. The molecule has 0 bridgehead atoms. The van der Waals surface area contributed by atoms with E-state index in [-0.39, 0.29) is 17.4 Å². The zero-order valence-electron chi connectivity index (χ0n) is 13.5. The number of hydrogen-bond acceptors (Lipinski definition) is 1. The van der Waals surface area contributed by atoms with Crippen LogP contribution in [0.4, 0.5) is 0 Å². The third-order valence-corrected chi connectivity index (χ3v) is 4.96. The maximum Gasteiger partial charge on any atom is 0.217 e. The number of carbonyl (C=O) groups is 1. The van der Waals surface area contributed by atoms with Gasteiger partial charge in [0.1, 0.15) is 0 Å². The molecule has 18 heavy (non-hydrogen) atoms. The lowest BCUT2D eigenvalue weighted by Crippen LogP contribution is -2.49. The summed E-state index contributed by atoms with van der Waals surface area (Å²) in [5.41, 5.74) is 0.232. The van der Waals surface area contributed by atoms with Crippen molar-refractivity contribution in [2.45, 2.75) is 80.2 Å². The van der Waals surface area contributed by atoms with Gasteiger partial charge in [0.25, 0.3) is 0 Å². The third kappa shape index (κ3) is 4.29. The molecule has 2 heteroatoms. The zero-order chi connectivity index (χ0) is 14.3. The van der Waals surface area contributed by atoms with E-state index in [0.29, 0.717) is 5.92 Å². The minimum absolute atomic E-state index is 0.0905. The van der Waals surface area contributed by atoms with Crippen LogP contribution >= 0.6 is 0 Å². The van der Waals surface area contributed by atoms with Crippen LogP contribution in [0.5, 0.6) is 0 Å². The van der Waals surface area contributed by atoms with Crippen molar-refractivity contribution < 1.29 is 4.79 Å². The molecule has 0 fully saturated rings. The molecular weight excluding hydrogens is 222 g/mol. The number of hydrogen-bond donors (Lipinski definition) is 1. The average Bonchev–Trinajstić information content (AvgIpc) is 2.33. The van der Waals surface area contributed by atoms with E-state index in [4.69, 9.17) is 0 Å². The Labute approximate surface area is 114 Å². The van der Waals surface area contributed by atoms with Gasteiger partial charge in [0.2, 0.25) is 5.91 Å². The molecule has 108 valence electrons. The summed E-state index contributed by atoms with van der Waals surface area (Å²) < 4.78 is 0. The Morgan fingerprint density at radius 1 is 1.11 bits per heavy atom. The maximum absolute atomic E-state index is 11.4. The predicted molar refractivity (Wildman–Crippen MR) is 79.5 cm³/mol. The molecule has 2 nitrogen and oxygen atoms in total. The molecule has 0 spiro atoms. The molecule has 0 aliphatic carbocycles. The lowest BCUT2D eigenvalue weighted by atomic mass is 9.63. The normalized spacial score (nSPS) is 19.7. The van der Waals surface area contributed by atoms with E-state index in [0.717, 1.165) is 12.3 Å². The molecule has 4 atom stereocenters. The van der Waals surface area contributed by atoms with Crippen molar-refractivity contribution in [2.75, 3.05) is 0 Å². The molecule has 1 amide bonds. The van der Waals surface area contributed by atoms with Gasteiger partial charge in [-0.2, -0.15) is 0 Å². The predicted octanol–water partition coefficient (Wildman–Crippen LogP) is 4.39. The van der Waals surface area contributed by atoms with Crippen LogP contribution in [-0.2, 0) is 4.79 Å². The van der Waals surface area contributed by atoms with Crippen LogP contribution in [0.3, 0.4) is 0 Å². The number of amides is 1. The van der Waals surface area contributed by atoms with Gasteiger partial charge in [-0.05, 0) is 37.0 Å². The second-order valence-electron chi connectivity index (χ2n) is 6.04. The molecule has 0 saturated heterocycles. The molecule has 0 aromatic rings. The lowest BCUT2D eigenvalue weighted by molar-refractivity contribution is -0.121. The lowest BCUT2D eigenvalue weighted by Gasteiger charge is -2.45. The second-order valence-corrected chi connectivity index (χ2v) is 6.04. The molecule has 0 aliphatic heterocycles. The van der Waals surface area contributed by atoms with Crippen molar-refractivity contribution in [3.8, 4) is 0 Å². The van der Waals surface area contributed by atoms with Gasteiger partial charge < -0.3 is 5.32 Å². The van der Waals surface area contributed by atoms with Crippen LogP contribution < -0.4 is 5.32 Å². The highest BCUT2D eigenvalue weighted by molar-refractivity contribution is 5.73. The summed E-state index contributed by atoms with van der Waals surface area (Å²) in [4.78, 5) is 11.4. The van der Waals surface area contributed by atoms with E-state index in [2.05, 4.69) is 46.9 Å². The Morgan fingerprint density at radius 2 is 1.67 bits per heavy atom. The first-order valence-electron chi connectivity index (χ1n) is 7.61.